The van der Waals surface area contributed by atoms with Gasteiger partial charge in [0, 0.05) is 61.8 Å². The summed E-state index contributed by atoms with van der Waals surface area (Å²) >= 11 is 1.85. The number of aliphatic hydroxyl groups excluding tert-OH is 2. The van der Waals surface area contributed by atoms with Gasteiger partial charge in [-0.05, 0) is 33.1 Å². The molecule has 8 amide bonds. The quantitative estimate of drug-likeness (QED) is 0.0255. The Hall–Kier alpha value is -3.55. The lowest BCUT2D eigenvalue weighted by atomic mass is 9.96. The van der Waals surface area contributed by atoms with Gasteiger partial charge in [0.1, 0.15) is 42.5 Å². The molecule has 12 N–H and O–H groups in total. The van der Waals surface area contributed by atoms with Gasteiger partial charge < -0.3 is 67.7 Å². The Kier molecular flexibility index (Phi) is 20.6. The number of carboxylic acid groups (broad SMARTS) is 1. The SMILES string of the molecule is CC(=O)N[C@@H]1[C@@H](O[C@H](C)C(=O)N[C@@H](C)C(=O)N[C@H](CCC(=O)O)C(N)=O)[C@H](O)[C@@H](CNC(=O)CCSSCCNC(=O)CCCC[C@@H]2SC[C@@H]3NC(=O)N[C@@H]32)O[C@H]1O. The number of urea groups is 1. The van der Waals surface area contributed by atoms with Crippen molar-refractivity contribution in [1.82, 2.24) is 37.2 Å². The fraction of sp³-hybridized carbons (Fsp3) is 0.765. The third-order valence-electron chi connectivity index (χ3n) is 9.44. The van der Waals surface area contributed by atoms with Crippen molar-refractivity contribution in [3.05, 3.63) is 0 Å². The number of ether oxygens (including phenoxy) is 2. The van der Waals surface area contributed by atoms with Crippen LogP contribution in [-0.4, -0.2) is 159 Å². The second kappa shape index (κ2) is 24.5. The normalized spacial score (nSPS) is 26.5. The number of hydrogen-bond donors (Lipinski definition) is 11. The second-order valence-electron chi connectivity index (χ2n) is 14.1. The number of fused-ring (bicyclic) bond motifs is 1. The van der Waals surface area contributed by atoms with E-state index >= 15 is 0 Å². The molecule has 3 aliphatic rings. The van der Waals surface area contributed by atoms with E-state index < -0.39 is 84.9 Å². The van der Waals surface area contributed by atoms with E-state index in [-0.39, 0.29) is 49.3 Å². The number of nitrogens with one attached hydrogen (secondary N) is 7. The number of aliphatic hydroxyl groups is 2. The zero-order valence-electron chi connectivity index (χ0n) is 32.6. The van der Waals surface area contributed by atoms with Crippen LogP contribution in [0.5, 0.6) is 0 Å². The van der Waals surface area contributed by atoms with Crippen molar-refractivity contribution < 1.29 is 63.1 Å². The molecule has 3 heterocycles. The van der Waals surface area contributed by atoms with Crippen molar-refractivity contribution in [3.8, 4) is 0 Å². The molecule has 0 aromatic carbocycles. The van der Waals surface area contributed by atoms with Gasteiger partial charge in [-0.2, -0.15) is 11.8 Å². The van der Waals surface area contributed by atoms with E-state index in [0.717, 1.165) is 31.9 Å². The third-order valence-corrected chi connectivity index (χ3v) is 13.4. The minimum atomic E-state index is -1.71. The molecule has 3 saturated heterocycles. The number of carbonyl (C=O) groups is 8. The van der Waals surface area contributed by atoms with Crippen molar-refractivity contribution in [3.63, 3.8) is 0 Å². The van der Waals surface area contributed by atoms with Crippen LogP contribution in [-0.2, 0) is 43.0 Å². The highest BCUT2D eigenvalue weighted by molar-refractivity contribution is 8.76. The lowest BCUT2D eigenvalue weighted by molar-refractivity contribution is -0.259. The summed E-state index contributed by atoms with van der Waals surface area (Å²) in [6, 6.07) is -3.62. The standard InChI is InChI=1S/C34H56N8O13S3/c1-16(31(50)40-19(30(35)49)8-9-25(46)47)38-32(51)17(2)54-29-27(39-18(3)43)33(52)55-21(28(29)48)14-37-24(45)10-12-57-58-13-11-36-23(44)7-5-4-6-22-26-20(15-56-22)41-34(53)42-26/h16-17,19-22,26-29,33,48,52H,4-15H2,1-3H3,(H2,35,49)(H,36,44)(H,37,45)(H,38,51)(H,39,43)(H,40,50)(H,46,47)(H2,41,42,53)/t16-,17+,19+,20-,21+,22-,26-,27+,28+,29+,33+/m0/s1. The van der Waals surface area contributed by atoms with Crippen LogP contribution >= 0.6 is 33.3 Å². The maximum absolute atomic E-state index is 13.0. The van der Waals surface area contributed by atoms with Crippen molar-refractivity contribution in [2.45, 2.75) is 132 Å². The molecule has 3 fully saturated rings. The maximum Gasteiger partial charge on any atom is 0.315 e. The van der Waals surface area contributed by atoms with Crippen LogP contribution in [0, 0.1) is 0 Å². The predicted octanol–water partition coefficient (Wildman–Crippen LogP) is -2.59. The van der Waals surface area contributed by atoms with Crippen LogP contribution in [0.2, 0.25) is 0 Å². The number of carboxylic acids is 1. The zero-order chi connectivity index (χ0) is 42.9. The van der Waals surface area contributed by atoms with E-state index in [4.69, 9.17) is 20.3 Å². The number of unbranched alkanes of at least 4 members (excludes halogenated alkanes) is 1. The molecule has 21 nitrogen and oxygen atoms in total. The van der Waals surface area contributed by atoms with Crippen molar-refractivity contribution >= 4 is 80.8 Å². The van der Waals surface area contributed by atoms with E-state index in [1.54, 1.807) is 0 Å². The van der Waals surface area contributed by atoms with E-state index in [9.17, 15) is 48.6 Å². The van der Waals surface area contributed by atoms with Gasteiger partial charge in [-0.15, -0.1) is 0 Å². The van der Waals surface area contributed by atoms with Crippen molar-refractivity contribution in [2.24, 2.45) is 5.73 Å². The maximum atomic E-state index is 13.0. The van der Waals surface area contributed by atoms with E-state index in [1.807, 2.05) is 11.8 Å². The summed E-state index contributed by atoms with van der Waals surface area (Å²) in [6.07, 6.45) is -4.80. The predicted molar refractivity (Wildman–Crippen MR) is 214 cm³/mol. The van der Waals surface area contributed by atoms with Crippen LogP contribution in [0.4, 0.5) is 4.79 Å². The van der Waals surface area contributed by atoms with Gasteiger partial charge in [0.05, 0.1) is 12.1 Å². The number of primary amides is 1. The molecule has 0 unspecified atom stereocenters. The third kappa shape index (κ3) is 16.2. The number of thioether (sulfide) groups is 1. The first-order valence-corrected chi connectivity index (χ1v) is 22.5. The largest absolute Gasteiger partial charge is 0.481 e. The average molecular weight is 881 g/mol. The lowest BCUT2D eigenvalue weighted by Crippen LogP contribution is -2.66. The summed E-state index contributed by atoms with van der Waals surface area (Å²) < 4.78 is 11.3. The molecule has 0 aliphatic carbocycles. The van der Waals surface area contributed by atoms with Crippen LogP contribution in [0.1, 0.15) is 65.7 Å². The number of rotatable bonds is 25. The first kappa shape index (κ1) is 48.8. The van der Waals surface area contributed by atoms with Gasteiger partial charge in [0.2, 0.25) is 35.4 Å². The zero-order valence-corrected chi connectivity index (χ0v) is 35.0. The Morgan fingerprint density at radius 3 is 2.36 bits per heavy atom. The Labute approximate surface area is 348 Å². The Morgan fingerprint density at radius 2 is 1.67 bits per heavy atom. The summed E-state index contributed by atoms with van der Waals surface area (Å²) in [7, 11) is 2.95. The van der Waals surface area contributed by atoms with E-state index in [1.165, 1.54) is 35.4 Å². The monoisotopic (exact) mass is 880 g/mol. The molecule has 3 rings (SSSR count). The minimum Gasteiger partial charge on any atom is -0.481 e. The molecule has 0 radical (unpaired) electrons. The first-order chi connectivity index (χ1) is 27.5. The van der Waals surface area contributed by atoms with Crippen LogP contribution in [0.15, 0.2) is 0 Å². The van der Waals surface area contributed by atoms with Crippen LogP contribution in [0.25, 0.3) is 0 Å². The fourth-order valence-electron chi connectivity index (χ4n) is 6.35. The van der Waals surface area contributed by atoms with E-state index in [0.29, 0.717) is 29.7 Å². The number of hydrogen-bond acceptors (Lipinski definition) is 15. The van der Waals surface area contributed by atoms with Gasteiger partial charge in [-0.25, -0.2) is 4.79 Å². The molecule has 11 atom stereocenters. The Morgan fingerprint density at radius 1 is 0.966 bits per heavy atom. The molecular formula is C34H56N8O13S3. The molecule has 3 aliphatic heterocycles. The highest BCUT2D eigenvalue weighted by Crippen LogP contribution is 2.33. The topological polar surface area (TPSA) is 326 Å². The van der Waals surface area contributed by atoms with Crippen LogP contribution in [0.3, 0.4) is 0 Å². The number of carbonyl (C=O) groups excluding carboxylic acids is 7. The molecule has 0 spiro atoms. The average Bonchev–Trinajstić information content (AvgIpc) is 3.71. The molecular weight excluding hydrogens is 825 g/mol. The Balaban J connectivity index is 1.34. The highest BCUT2D eigenvalue weighted by atomic mass is 33.1. The fourth-order valence-corrected chi connectivity index (χ4v) is 9.79. The lowest BCUT2D eigenvalue weighted by Gasteiger charge is -2.43. The number of amides is 8. The highest BCUT2D eigenvalue weighted by Gasteiger charge is 2.47. The first-order valence-electron chi connectivity index (χ1n) is 19.0. The van der Waals surface area contributed by atoms with Gasteiger partial charge in [0.25, 0.3) is 0 Å². The summed E-state index contributed by atoms with van der Waals surface area (Å²) in [5.41, 5.74) is 5.25. The molecule has 0 aromatic heterocycles. The Bertz CT molecular complexity index is 1470. The van der Waals surface area contributed by atoms with Crippen LogP contribution < -0.4 is 43.0 Å². The summed E-state index contributed by atoms with van der Waals surface area (Å²) in [6.45, 7) is 3.98. The summed E-state index contributed by atoms with van der Waals surface area (Å²) in [5, 5.41) is 49.6. The smallest absolute Gasteiger partial charge is 0.315 e. The summed E-state index contributed by atoms with van der Waals surface area (Å²) in [4.78, 5) is 96.3. The van der Waals surface area contributed by atoms with Gasteiger partial charge in [-0.1, -0.05) is 28.0 Å². The molecule has 328 valence electrons. The molecule has 0 saturated carbocycles. The molecule has 24 heteroatoms. The van der Waals surface area contributed by atoms with Crippen molar-refractivity contribution in [2.75, 3.05) is 30.3 Å². The molecule has 58 heavy (non-hydrogen) atoms. The minimum absolute atomic E-state index is 0.0216. The van der Waals surface area contributed by atoms with Gasteiger partial charge >= 0.3 is 12.0 Å². The number of nitrogens with two attached hydrogens (primary N) is 1. The molecule has 0 bridgehead atoms. The van der Waals surface area contributed by atoms with Crippen molar-refractivity contribution in [1.29, 1.82) is 0 Å². The van der Waals surface area contributed by atoms with Gasteiger partial charge in [-0.3, -0.25) is 33.6 Å². The summed E-state index contributed by atoms with van der Waals surface area (Å²) in [5.74, 6) is -2.84. The van der Waals surface area contributed by atoms with E-state index in [2.05, 4.69) is 37.2 Å². The van der Waals surface area contributed by atoms with Gasteiger partial charge in [0.15, 0.2) is 6.29 Å². The number of aliphatic carboxylic acids is 1. The second-order valence-corrected chi connectivity index (χ2v) is 18.0. The molecule has 0 aromatic rings.